The largest absolute Gasteiger partial charge is 0.573 e. The van der Waals surface area contributed by atoms with Crippen LogP contribution in [0.25, 0.3) is 0 Å². The topological polar surface area (TPSA) is 55.2 Å². The molecule has 9 heteroatoms. The van der Waals surface area contributed by atoms with Crippen molar-refractivity contribution in [1.82, 2.24) is 4.90 Å². The number of carbonyl (C=O) groups is 1. The lowest BCUT2D eigenvalue weighted by Gasteiger charge is -2.35. The van der Waals surface area contributed by atoms with Gasteiger partial charge in [-0.05, 0) is 48.5 Å². The van der Waals surface area contributed by atoms with Crippen LogP contribution in [0.4, 0.5) is 18.9 Å². The van der Waals surface area contributed by atoms with Gasteiger partial charge in [-0.3, -0.25) is 4.79 Å². The molecule has 1 amide bonds. The Morgan fingerprint density at radius 1 is 0.875 bits per heavy atom. The van der Waals surface area contributed by atoms with Gasteiger partial charge in [-0.1, -0.05) is 18.2 Å². The molecule has 2 aromatic carbocycles. The lowest BCUT2D eigenvalue weighted by molar-refractivity contribution is -0.274. The molecule has 6 nitrogen and oxygen atoms in total. The summed E-state index contributed by atoms with van der Waals surface area (Å²) in [6, 6.07) is 18.3. The molecule has 0 spiro atoms. The van der Waals surface area contributed by atoms with E-state index in [1.54, 1.807) is 17.0 Å². The van der Waals surface area contributed by atoms with Crippen LogP contribution in [0.1, 0.15) is 16.3 Å². The average molecular weight is 446 g/mol. The lowest BCUT2D eigenvalue weighted by Crippen LogP contribution is -2.48. The van der Waals surface area contributed by atoms with E-state index in [4.69, 9.17) is 9.15 Å². The summed E-state index contributed by atoms with van der Waals surface area (Å²) < 4.78 is 51.6. The summed E-state index contributed by atoms with van der Waals surface area (Å²) in [6.07, 6.45) is -4.74. The third kappa shape index (κ3) is 5.54. The summed E-state index contributed by atoms with van der Waals surface area (Å²) >= 11 is 0. The highest BCUT2D eigenvalue weighted by molar-refractivity contribution is 5.91. The van der Waals surface area contributed by atoms with E-state index in [1.807, 2.05) is 30.3 Å². The Bertz CT molecular complexity index is 1030. The number of rotatable bonds is 6. The number of nitrogens with zero attached hydrogens (tertiary/aromatic N) is 2. The molecule has 2 heterocycles. The minimum atomic E-state index is -4.74. The first kappa shape index (κ1) is 21.6. The van der Waals surface area contributed by atoms with Crippen LogP contribution >= 0.6 is 0 Å². The minimum Gasteiger partial charge on any atom is -0.486 e. The van der Waals surface area contributed by atoms with Crippen molar-refractivity contribution < 1.29 is 31.9 Å². The maximum Gasteiger partial charge on any atom is 0.573 e. The highest BCUT2D eigenvalue weighted by Gasteiger charge is 2.31. The molecule has 0 radical (unpaired) electrons. The fourth-order valence-electron chi connectivity index (χ4n) is 3.42. The Hall–Kier alpha value is -3.62. The Kier molecular flexibility index (Phi) is 6.25. The van der Waals surface area contributed by atoms with Crippen LogP contribution in [0.15, 0.2) is 71.1 Å². The fraction of sp³-hybridized carbons (Fsp3) is 0.261. The van der Waals surface area contributed by atoms with Crippen LogP contribution in [-0.4, -0.2) is 43.3 Å². The Balaban J connectivity index is 1.28. The molecule has 168 valence electrons. The van der Waals surface area contributed by atoms with Gasteiger partial charge in [0.1, 0.15) is 23.9 Å². The zero-order valence-electron chi connectivity index (χ0n) is 17.0. The molecule has 0 bridgehead atoms. The summed E-state index contributed by atoms with van der Waals surface area (Å²) in [6.45, 7) is 2.69. The second kappa shape index (κ2) is 9.25. The van der Waals surface area contributed by atoms with Gasteiger partial charge in [0, 0.05) is 31.9 Å². The molecule has 3 aromatic rings. The fourth-order valence-corrected chi connectivity index (χ4v) is 3.42. The molecular weight excluding hydrogens is 425 g/mol. The van der Waals surface area contributed by atoms with Crippen LogP contribution < -0.4 is 14.4 Å². The number of benzene rings is 2. The van der Waals surface area contributed by atoms with E-state index in [1.165, 1.54) is 12.1 Å². The van der Waals surface area contributed by atoms with Gasteiger partial charge in [0.25, 0.3) is 5.91 Å². The van der Waals surface area contributed by atoms with Crippen molar-refractivity contribution in [2.45, 2.75) is 13.0 Å². The van der Waals surface area contributed by atoms with Gasteiger partial charge in [0.05, 0.1) is 0 Å². The van der Waals surface area contributed by atoms with Crippen molar-refractivity contribution in [3.05, 3.63) is 78.3 Å². The number of para-hydroxylation sites is 1. The third-order valence-electron chi connectivity index (χ3n) is 5.00. The zero-order chi connectivity index (χ0) is 22.6. The number of amides is 1. The molecule has 32 heavy (non-hydrogen) atoms. The van der Waals surface area contributed by atoms with E-state index in [9.17, 15) is 18.0 Å². The second-order valence-electron chi connectivity index (χ2n) is 7.19. The highest BCUT2D eigenvalue weighted by Crippen LogP contribution is 2.25. The van der Waals surface area contributed by atoms with Gasteiger partial charge >= 0.3 is 6.36 Å². The first-order valence-corrected chi connectivity index (χ1v) is 10.0. The summed E-state index contributed by atoms with van der Waals surface area (Å²) in [7, 11) is 0. The van der Waals surface area contributed by atoms with Crippen molar-refractivity contribution in [3.8, 4) is 11.5 Å². The number of furan rings is 1. The number of halogens is 3. The molecule has 0 atom stereocenters. The van der Waals surface area contributed by atoms with Crippen LogP contribution in [0.5, 0.6) is 11.5 Å². The number of hydrogen-bond donors (Lipinski definition) is 0. The zero-order valence-corrected chi connectivity index (χ0v) is 17.0. The maximum absolute atomic E-state index is 12.7. The number of ether oxygens (including phenoxy) is 2. The molecule has 1 aliphatic heterocycles. The Morgan fingerprint density at radius 2 is 1.53 bits per heavy atom. The number of piperazine rings is 1. The molecular formula is C23H21F3N2O4. The number of alkyl halides is 3. The van der Waals surface area contributed by atoms with Gasteiger partial charge < -0.3 is 23.7 Å². The van der Waals surface area contributed by atoms with Crippen LogP contribution in [0, 0.1) is 0 Å². The lowest BCUT2D eigenvalue weighted by atomic mass is 10.2. The number of hydrogen-bond acceptors (Lipinski definition) is 5. The standard InChI is InChI=1S/C23H21F3N2O4/c24-23(25,26)32-19-8-6-18(7-9-19)30-16-20-10-11-21(31-20)22(29)28-14-12-27(13-15-28)17-4-2-1-3-5-17/h1-11H,12-16H2. The van der Waals surface area contributed by atoms with Crippen LogP contribution in [0.3, 0.4) is 0 Å². The predicted octanol–water partition coefficient (Wildman–Crippen LogP) is 4.72. The van der Waals surface area contributed by atoms with Gasteiger partial charge in [-0.2, -0.15) is 0 Å². The monoisotopic (exact) mass is 446 g/mol. The molecule has 0 aliphatic carbocycles. The number of carbonyl (C=O) groups excluding carboxylic acids is 1. The SMILES string of the molecule is O=C(c1ccc(COc2ccc(OC(F)(F)F)cc2)o1)N1CCN(c2ccccc2)CC1. The smallest absolute Gasteiger partial charge is 0.486 e. The second-order valence-corrected chi connectivity index (χ2v) is 7.19. The summed E-state index contributed by atoms with van der Waals surface area (Å²) in [4.78, 5) is 16.7. The minimum absolute atomic E-state index is 0.0362. The first-order valence-electron chi connectivity index (χ1n) is 10.0. The number of anilines is 1. The highest BCUT2D eigenvalue weighted by atomic mass is 19.4. The molecule has 1 saturated heterocycles. The van der Waals surface area contributed by atoms with E-state index in [0.717, 1.165) is 30.9 Å². The Morgan fingerprint density at radius 3 is 2.19 bits per heavy atom. The molecule has 0 N–H and O–H groups in total. The van der Waals surface area contributed by atoms with Gasteiger partial charge in [-0.15, -0.1) is 13.2 Å². The molecule has 1 fully saturated rings. The van der Waals surface area contributed by atoms with E-state index < -0.39 is 6.36 Å². The molecule has 0 unspecified atom stereocenters. The van der Waals surface area contributed by atoms with E-state index in [-0.39, 0.29) is 24.0 Å². The van der Waals surface area contributed by atoms with E-state index in [2.05, 4.69) is 9.64 Å². The van der Waals surface area contributed by atoms with E-state index >= 15 is 0 Å². The van der Waals surface area contributed by atoms with Gasteiger partial charge in [0.15, 0.2) is 5.76 Å². The van der Waals surface area contributed by atoms with Crippen LogP contribution in [-0.2, 0) is 6.61 Å². The summed E-state index contributed by atoms with van der Waals surface area (Å²) in [5.74, 6) is 0.499. The first-order chi connectivity index (χ1) is 15.4. The predicted molar refractivity (Wildman–Crippen MR) is 111 cm³/mol. The van der Waals surface area contributed by atoms with Crippen molar-refractivity contribution in [2.24, 2.45) is 0 Å². The van der Waals surface area contributed by atoms with Crippen molar-refractivity contribution >= 4 is 11.6 Å². The van der Waals surface area contributed by atoms with Gasteiger partial charge in [0.2, 0.25) is 0 Å². The molecule has 4 rings (SSSR count). The molecule has 1 aromatic heterocycles. The quantitative estimate of drug-likeness (QED) is 0.549. The average Bonchev–Trinajstić information content (AvgIpc) is 3.27. The van der Waals surface area contributed by atoms with Crippen molar-refractivity contribution in [1.29, 1.82) is 0 Å². The summed E-state index contributed by atoms with van der Waals surface area (Å²) in [5, 5.41) is 0. The van der Waals surface area contributed by atoms with Gasteiger partial charge in [-0.25, -0.2) is 0 Å². The maximum atomic E-state index is 12.7. The third-order valence-corrected chi connectivity index (χ3v) is 5.00. The normalized spacial score (nSPS) is 14.3. The molecule has 1 aliphatic rings. The molecule has 0 saturated carbocycles. The van der Waals surface area contributed by atoms with E-state index in [0.29, 0.717) is 24.6 Å². The Labute approximate surface area is 182 Å². The van der Waals surface area contributed by atoms with Crippen molar-refractivity contribution in [2.75, 3.05) is 31.1 Å². The summed E-state index contributed by atoms with van der Waals surface area (Å²) in [5.41, 5.74) is 1.13. The van der Waals surface area contributed by atoms with Crippen LogP contribution in [0.2, 0.25) is 0 Å². The van der Waals surface area contributed by atoms with Crippen molar-refractivity contribution in [3.63, 3.8) is 0 Å².